The first kappa shape index (κ1) is 53.1. The molecule has 0 aliphatic carbocycles. The van der Waals surface area contributed by atoms with Crippen molar-refractivity contribution in [3.8, 4) is 0 Å². The van der Waals surface area contributed by atoms with Crippen LogP contribution in [0.3, 0.4) is 0 Å². The average molecular weight is 838 g/mol. The molecule has 0 spiro atoms. The van der Waals surface area contributed by atoms with Crippen molar-refractivity contribution in [2.45, 2.75) is 210 Å². The number of hydrogen-bond acceptors (Lipinski definition) is 7. The molecule has 0 aromatic heterocycles. The van der Waals surface area contributed by atoms with Gasteiger partial charge in [0.2, 0.25) is 15.7 Å². The lowest BCUT2D eigenvalue weighted by molar-refractivity contribution is -0.124. The third-order valence-electron chi connectivity index (χ3n) is 10.7. The van der Waals surface area contributed by atoms with Crippen LogP contribution in [0, 0.1) is 12.3 Å². The lowest BCUT2D eigenvalue weighted by Crippen LogP contribution is -2.49. The Balaban J connectivity index is 0.00000143. The molecule has 1 aromatic carbocycles. The summed E-state index contributed by atoms with van der Waals surface area (Å²) in [7, 11) is -2.96. The first-order chi connectivity index (χ1) is 28.0. The van der Waals surface area contributed by atoms with Crippen LogP contribution >= 0.6 is 0 Å². The highest BCUT2D eigenvalue weighted by atomic mass is 32.2. The number of fused-ring (bicyclic) bond motifs is 2. The quantitative estimate of drug-likeness (QED) is 0.0218. The summed E-state index contributed by atoms with van der Waals surface area (Å²) in [5.74, 6) is -0.543. The molecule has 12 nitrogen and oxygen atoms in total. The molecule has 1 aromatic rings. The molecule has 0 saturated carbocycles. The predicted molar refractivity (Wildman–Crippen MR) is 236 cm³/mol. The van der Waals surface area contributed by atoms with E-state index in [1.54, 1.807) is 19.1 Å². The Kier molecular flexibility index (Phi) is 32.0. The van der Waals surface area contributed by atoms with E-state index in [4.69, 9.17) is 20.6 Å². The summed E-state index contributed by atoms with van der Waals surface area (Å²) in [6.07, 6.45) is 30.3. The number of benzene rings is 1. The van der Waals surface area contributed by atoms with Crippen molar-refractivity contribution in [3.05, 3.63) is 23.8 Å². The van der Waals surface area contributed by atoms with Crippen LogP contribution in [0.25, 0.3) is 0 Å². The summed E-state index contributed by atoms with van der Waals surface area (Å²) in [6.45, 7) is 8.67. The monoisotopic (exact) mass is 838 g/mol. The van der Waals surface area contributed by atoms with Gasteiger partial charge >= 0.3 is 6.09 Å². The number of rotatable bonds is 37. The van der Waals surface area contributed by atoms with Gasteiger partial charge in [-0.05, 0) is 50.3 Å². The van der Waals surface area contributed by atoms with Gasteiger partial charge in [-0.15, -0.1) is 0 Å². The van der Waals surface area contributed by atoms with Crippen LogP contribution in [0.5, 0.6) is 0 Å². The van der Waals surface area contributed by atoms with Gasteiger partial charge in [-0.2, -0.15) is 0 Å². The average Bonchev–Trinajstić information content (AvgIpc) is 3.19. The number of nitrogens with one attached hydrogen (secondary N) is 4. The van der Waals surface area contributed by atoms with Crippen molar-refractivity contribution in [1.82, 2.24) is 16.0 Å². The summed E-state index contributed by atoms with van der Waals surface area (Å²) < 4.78 is 34.3. The van der Waals surface area contributed by atoms with Crippen molar-refractivity contribution in [1.29, 1.82) is 5.41 Å². The van der Waals surface area contributed by atoms with Crippen LogP contribution in [-0.4, -0.2) is 76.5 Å². The molecule has 2 atom stereocenters. The molecule has 0 radical (unpaired) electrons. The van der Waals surface area contributed by atoms with E-state index in [1.807, 2.05) is 6.07 Å². The molecule has 0 fully saturated rings. The van der Waals surface area contributed by atoms with Crippen LogP contribution in [0.15, 0.2) is 28.0 Å². The fourth-order valence-corrected chi connectivity index (χ4v) is 8.37. The lowest BCUT2D eigenvalue weighted by atomic mass is 10.1. The Bertz CT molecular complexity index is 1330. The second-order valence-electron chi connectivity index (χ2n) is 16.0. The van der Waals surface area contributed by atoms with Gasteiger partial charge in [-0.3, -0.25) is 10.2 Å². The fourth-order valence-electron chi connectivity index (χ4n) is 7.01. The van der Waals surface area contributed by atoms with E-state index in [9.17, 15) is 23.1 Å². The van der Waals surface area contributed by atoms with Crippen LogP contribution < -0.4 is 21.7 Å². The maximum atomic E-state index is 12.9. The Hall–Kier alpha value is -2.90. The van der Waals surface area contributed by atoms with E-state index in [-0.39, 0.29) is 30.9 Å². The Labute approximate surface area is 352 Å². The second-order valence-corrected chi connectivity index (χ2v) is 17.9. The Morgan fingerprint density at radius 3 is 1.62 bits per heavy atom. The molecule has 13 heteroatoms. The highest BCUT2D eigenvalue weighted by molar-refractivity contribution is 7.92. The summed E-state index contributed by atoms with van der Waals surface area (Å²) in [4.78, 5) is 25.1. The SMILES string of the molecule is CCCCCCCCCCCCCCOCC(CNC(=O)[C@H](CCCNC(=N)N)NC(=O)O)OCCCCCCCCCCCCCC.Cc1ccc2cc1S2(=O)=O. The van der Waals surface area contributed by atoms with Gasteiger partial charge in [0, 0.05) is 26.3 Å². The first-order valence-corrected chi connectivity index (χ1v) is 24.4. The number of amides is 2. The Morgan fingerprint density at radius 2 is 1.21 bits per heavy atom. The smallest absolute Gasteiger partial charge is 0.405 e. The highest BCUT2D eigenvalue weighted by Gasteiger charge is 2.29. The van der Waals surface area contributed by atoms with Gasteiger partial charge in [-0.25, -0.2) is 13.2 Å². The molecule has 58 heavy (non-hydrogen) atoms. The molecule has 2 amide bonds. The van der Waals surface area contributed by atoms with Crippen molar-refractivity contribution < 1.29 is 32.6 Å². The number of ether oxygens (including phenoxy) is 2. The van der Waals surface area contributed by atoms with Crippen molar-refractivity contribution in [2.24, 2.45) is 5.73 Å². The van der Waals surface area contributed by atoms with Gasteiger partial charge in [0.1, 0.15) is 6.04 Å². The maximum absolute atomic E-state index is 12.9. The van der Waals surface area contributed by atoms with E-state index in [2.05, 4.69) is 29.8 Å². The molecular formula is C45H83N5O7S. The highest BCUT2D eigenvalue weighted by Crippen LogP contribution is 2.34. The largest absolute Gasteiger partial charge is 0.465 e. The molecule has 2 aliphatic rings. The molecule has 1 unspecified atom stereocenters. The number of unbranched alkanes of at least 4 members (excludes halogenated alkanes) is 22. The number of sulfone groups is 1. The number of carbonyl (C=O) groups is 2. The van der Waals surface area contributed by atoms with Crippen LogP contribution in [0.2, 0.25) is 0 Å². The zero-order chi connectivity index (χ0) is 42.7. The number of carbonyl (C=O) groups excluding carboxylic acids is 1. The van der Waals surface area contributed by atoms with Gasteiger partial charge in [0.05, 0.1) is 22.5 Å². The molecular weight excluding hydrogens is 755 g/mol. The third-order valence-corrected chi connectivity index (χ3v) is 12.6. The predicted octanol–water partition coefficient (Wildman–Crippen LogP) is 9.95. The molecule has 3 rings (SSSR count). The van der Waals surface area contributed by atoms with E-state index in [0.29, 0.717) is 42.6 Å². The number of aryl methyl sites for hydroxylation is 1. The minimum Gasteiger partial charge on any atom is -0.465 e. The summed E-state index contributed by atoms with van der Waals surface area (Å²) in [5.41, 5.74) is 6.15. The standard InChI is InChI=1S/C38H77N5O5.C7H6O2S/c1-3-5-7-9-11-13-15-17-19-21-23-25-30-47-33-34(48-31-26-24-22-20-18-16-14-12-10-8-6-4-2)32-42-36(44)35(43-38(45)46)28-27-29-41-37(39)40;1-5-2-3-6-4-7(5)10(6,8)9/h34-35,43H,3-33H2,1-2H3,(H,42,44)(H,45,46)(H4,39,40,41);2-4H,1H3/t34?,35-;/m0./s1. The number of carboxylic acid groups (broad SMARTS) is 1. The van der Waals surface area contributed by atoms with E-state index in [0.717, 1.165) is 24.8 Å². The summed E-state index contributed by atoms with van der Waals surface area (Å²) >= 11 is 0. The number of guanidine groups is 1. The van der Waals surface area contributed by atoms with Gasteiger partial charge in [0.15, 0.2) is 5.96 Å². The minimum absolute atomic E-state index is 0.154. The topological polar surface area (TPSA) is 193 Å². The van der Waals surface area contributed by atoms with Crippen molar-refractivity contribution in [2.75, 3.05) is 32.9 Å². The third kappa shape index (κ3) is 27.0. The van der Waals surface area contributed by atoms with Crippen molar-refractivity contribution in [3.63, 3.8) is 0 Å². The number of hydrogen-bond donors (Lipinski definition) is 6. The molecule has 2 bridgehead atoms. The summed E-state index contributed by atoms with van der Waals surface area (Å²) in [6, 6.07) is 4.27. The minimum atomic E-state index is -2.96. The molecule has 2 heterocycles. The molecule has 0 saturated heterocycles. The van der Waals surface area contributed by atoms with E-state index in [1.165, 1.54) is 135 Å². The van der Waals surface area contributed by atoms with Crippen LogP contribution in [0.4, 0.5) is 4.79 Å². The van der Waals surface area contributed by atoms with E-state index < -0.39 is 22.0 Å². The second kappa shape index (κ2) is 34.9. The number of nitrogens with two attached hydrogens (primary N) is 1. The normalized spacial score (nSPS) is 13.4. The first-order valence-electron chi connectivity index (χ1n) is 22.9. The van der Waals surface area contributed by atoms with Crippen LogP contribution in [-0.2, 0) is 24.1 Å². The van der Waals surface area contributed by atoms with E-state index >= 15 is 0 Å². The molecule has 7 N–H and O–H groups in total. The molecule has 336 valence electrons. The Morgan fingerprint density at radius 1 is 0.724 bits per heavy atom. The van der Waals surface area contributed by atoms with Crippen LogP contribution in [0.1, 0.15) is 186 Å². The lowest BCUT2D eigenvalue weighted by Gasteiger charge is -2.21. The van der Waals surface area contributed by atoms with Gasteiger partial charge < -0.3 is 36.3 Å². The van der Waals surface area contributed by atoms with Crippen molar-refractivity contribution >= 4 is 27.8 Å². The maximum Gasteiger partial charge on any atom is 0.405 e. The fraction of sp³-hybridized carbons (Fsp3) is 0.800. The molecule has 2 aliphatic heterocycles. The zero-order valence-electron chi connectivity index (χ0n) is 36.7. The summed E-state index contributed by atoms with van der Waals surface area (Å²) in [5, 5.41) is 24.3. The zero-order valence-corrected chi connectivity index (χ0v) is 37.5. The van der Waals surface area contributed by atoms with Gasteiger partial charge in [0.25, 0.3) is 0 Å². The van der Waals surface area contributed by atoms with Gasteiger partial charge in [-0.1, -0.05) is 161 Å².